The number of hydrogen-bond acceptors (Lipinski definition) is 5. The molecule has 6 heteroatoms. The van der Waals surface area contributed by atoms with Crippen molar-refractivity contribution >= 4 is 65.7 Å². The van der Waals surface area contributed by atoms with Crippen LogP contribution in [0.3, 0.4) is 0 Å². The minimum absolute atomic E-state index is 0.577. The van der Waals surface area contributed by atoms with Gasteiger partial charge in [-0.1, -0.05) is 140 Å². The lowest BCUT2D eigenvalue weighted by Gasteiger charge is -2.11. The van der Waals surface area contributed by atoms with E-state index in [0.717, 1.165) is 99.1 Å². The summed E-state index contributed by atoms with van der Waals surface area (Å²) in [4.78, 5) is 15.2. The van der Waals surface area contributed by atoms with Gasteiger partial charge in [-0.15, -0.1) is 0 Å². The molecule has 6 nitrogen and oxygen atoms in total. The van der Waals surface area contributed by atoms with Crippen LogP contribution in [0.5, 0.6) is 0 Å². The van der Waals surface area contributed by atoms with E-state index < -0.39 is 0 Å². The standard InChI is InChI=1S/C51H30N4O2/c1-2-11-32(12-3-1)49-52-50(54-51(53-49)55-43-18-7-4-13-37(43)38-14-5-8-19-44(38)55)33-23-21-31(22-24-33)34-25-27-40-41-28-26-35(30-47(41)56-46(40)29-34)36-16-10-17-42-39-15-6-9-20-45(39)57-48(36)42/h1-30H. The first-order chi connectivity index (χ1) is 28.2. The fourth-order valence-corrected chi connectivity index (χ4v) is 8.36. The molecule has 4 aromatic heterocycles. The molecule has 0 bridgehead atoms. The van der Waals surface area contributed by atoms with E-state index in [2.05, 4.69) is 138 Å². The summed E-state index contributed by atoms with van der Waals surface area (Å²) in [6.45, 7) is 0. The monoisotopic (exact) mass is 730 g/mol. The lowest BCUT2D eigenvalue weighted by atomic mass is 10.00. The highest BCUT2D eigenvalue weighted by atomic mass is 16.3. The molecular formula is C51H30N4O2. The average Bonchev–Trinajstić information content (AvgIpc) is 3.95. The molecule has 0 saturated carbocycles. The lowest BCUT2D eigenvalue weighted by Crippen LogP contribution is -2.06. The van der Waals surface area contributed by atoms with Gasteiger partial charge < -0.3 is 8.83 Å². The Kier molecular flexibility index (Phi) is 6.83. The Bertz CT molecular complexity index is 3470. The molecule has 4 heterocycles. The highest BCUT2D eigenvalue weighted by Crippen LogP contribution is 2.39. The molecule has 12 rings (SSSR count). The van der Waals surface area contributed by atoms with E-state index in [1.54, 1.807) is 0 Å². The molecule has 0 unspecified atom stereocenters. The van der Waals surface area contributed by atoms with Crippen molar-refractivity contribution in [3.63, 3.8) is 0 Å². The van der Waals surface area contributed by atoms with Gasteiger partial charge in [-0.3, -0.25) is 4.57 Å². The molecule has 0 fully saturated rings. The zero-order chi connectivity index (χ0) is 37.5. The van der Waals surface area contributed by atoms with Gasteiger partial charge in [-0.2, -0.15) is 9.97 Å². The second kappa shape index (κ2) is 12.3. The normalized spacial score (nSPS) is 11.9. The summed E-state index contributed by atoms with van der Waals surface area (Å²) in [5.41, 5.74) is 11.6. The molecular weight excluding hydrogens is 701 g/mol. The van der Waals surface area contributed by atoms with Crippen molar-refractivity contribution in [3.8, 4) is 51.0 Å². The van der Waals surface area contributed by atoms with E-state index >= 15 is 0 Å². The number of benzene rings is 8. The van der Waals surface area contributed by atoms with Gasteiger partial charge in [0.05, 0.1) is 11.0 Å². The van der Waals surface area contributed by atoms with E-state index in [4.69, 9.17) is 23.8 Å². The van der Waals surface area contributed by atoms with Crippen molar-refractivity contribution in [2.24, 2.45) is 0 Å². The van der Waals surface area contributed by atoms with Crippen molar-refractivity contribution in [1.82, 2.24) is 19.5 Å². The van der Waals surface area contributed by atoms with Crippen LogP contribution in [-0.4, -0.2) is 19.5 Å². The Labute approximate surface area is 325 Å². The molecule has 0 amide bonds. The number of para-hydroxylation sites is 4. The van der Waals surface area contributed by atoms with Crippen LogP contribution in [0.4, 0.5) is 0 Å². The summed E-state index contributed by atoms with van der Waals surface area (Å²) >= 11 is 0. The predicted octanol–water partition coefficient (Wildman–Crippen LogP) is 13.4. The van der Waals surface area contributed by atoms with Crippen molar-refractivity contribution in [3.05, 3.63) is 182 Å². The topological polar surface area (TPSA) is 69.9 Å². The largest absolute Gasteiger partial charge is 0.456 e. The first-order valence-electron chi connectivity index (χ1n) is 19.0. The number of hydrogen-bond donors (Lipinski definition) is 0. The van der Waals surface area contributed by atoms with E-state index in [9.17, 15) is 0 Å². The molecule has 0 saturated heterocycles. The quantitative estimate of drug-likeness (QED) is 0.176. The van der Waals surface area contributed by atoms with Gasteiger partial charge in [-0.05, 0) is 59.2 Å². The Morgan fingerprint density at radius 2 is 0.860 bits per heavy atom. The first-order valence-corrected chi connectivity index (χ1v) is 19.0. The van der Waals surface area contributed by atoms with Crippen LogP contribution >= 0.6 is 0 Å². The molecule has 0 atom stereocenters. The Morgan fingerprint density at radius 1 is 0.333 bits per heavy atom. The number of nitrogens with zero attached hydrogens (tertiary/aromatic N) is 4. The van der Waals surface area contributed by atoms with E-state index in [1.165, 1.54) is 0 Å². The number of furan rings is 2. The van der Waals surface area contributed by atoms with Crippen LogP contribution in [0.15, 0.2) is 191 Å². The van der Waals surface area contributed by atoms with Crippen LogP contribution in [0.25, 0.3) is 117 Å². The zero-order valence-corrected chi connectivity index (χ0v) is 30.4. The maximum atomic E-state index is 6.55. The Morgan fingerprint density at radius 3 is 1.58 bits per heavy atom. The van der Waals surface area contributed by atoms with Crippen LogP contribution < -0.4 is 0 Å². The molecule has 8 aromatic carbocycles. The highest BCUT2D eigenvalue weighted by molar-refractivity contribution is 6.12. The SMILES string of the molecule is c1ccc(-c2nc(-c3ccc(-c4ccc5c(c4)oc4cc(-c6cccc7c6oc6ccccc67)ccc45)cc3)nc(-n3c4ccccc4c4ccccc43)n2)cc1. The van der Waals surface area contributed by atoms with Gasteiger partial charge >= 0.3 is 0 Å². The van der Waals surface area contributed by atoms with Gasteiger partial charge in [0.25, 0.3) is 0 Å². The van der Waals surface area contributed by atoms with Gasteiger partial charge in [-0.25, -0.2) is 4.98 Å². The molecule has 57 heavy (non-hydrogen) atoms. The minimum atomic E-state index is 0.577. The van der Waals surface area contributed by atoms with E-state index in [1.807, 2.05) is 48.5 Å². The molecule has 0 radical (unpaired) electrons. The van der Waals surface area contributed by atoms with Crippen LogP contribution in [0.2, 0.25) is 0 Å². The third-order valence-corrected chi connectivity index (χ3v) is 11.1. The molecule has 0 aliphatic carbocycles. The smallest absolute Gasteiger partial charge is 0.238 e. The van der Waals surface area contributed by atoms with Gasteiger partial charge in [0.1, 0.15) is 22.3 Å². The van der Waals surface area contributed by atoms with Gasteiger partial charge in [0.15, 0.2) is 11.6 Å². The van der Waals surface area contributed by atoms with Gasteiger partial charge in [0, 0.05) is 49.0 Å². The van der Waals surface area contributed by atoms with Crippen LogP contribution in [0.1, 0.15) is 0 Å². The van der Waals surface area contributed by atoms with Crippen molar-refractivity contribution < 1.29 is 8.83 Å². The summed E-state index contributed by atoms with van der Waals surface area (Å²) < 4.78 is 15.0. The summed E-state index contributed by atoms with van der Waals surface area (Å²) in [6.07, 6.45) is 0. The average molecular weight is 731 g/mol. The second-order valence-electron chi connectivity index (χ2n) is 14.4. The molecule has 266 valence electrons. The summed E-state index contributed by atoms with van der Waals surface area (Å²) in [5, 5.41) is 6.70. The third-order valence-electron chi connectivity index (χ3n) is 11.1. The van der Waals surface area contributed by atoms with E-state index in [0.29, 0.717) is 17.6 Å². The highest BCUT2D eigenvalue weighted by Gasteiger charge is 2.18. The number of rotatable bonds is 5. The third kappa shape index (κ3) is 5.01. The lowest BCUT2D eigenvalue weighted by molar-refractivity contribution is 0.668. The van der Waals surface area contributed by atoms with Crippen LogP contribution in [0, 0.1) is 0 Å². The zero-order valence-electron chi connectivity index (χ0n) is 30.4. The fraction of sp³-hybridized carbons (Fsp3) is 0. The summed E-state index contributed by atoms with van der Waals surface area (Å²) in [7, 11) is 0. The second-order valence-corrected chi connectivity index (χ2v) is 14.4. The van der Waals surface area contributed by atoms with Crippen molar-refractivity contribution in [2.45, 2.75) is 0 Å². The molecule has 0 aliphatic rings. The maximum Gasteiger partial charge on any atom is 0.238 e. The van der Waals surface area contributed by atoms with Crippen LogP contribution in [-0.2, 0) is 0 Å². The molecule has 12 aromatic rings. The fourth-order valence-electron chi connectivity index (χ4n) is 8.36. The molecule has 0 aliphatic heterocycles. The first kappa shape index (κ1) is 31.5. The van der Waals surface area contributed by atoms with Crippen molar-refractivity contribution in [1.29, 1.82) is 0 Å². The van der Waals surface area contributed by atoms with Crippen molar-refractivity contribution in [2.75, 3.05) is 0 Å². The minimum Gasteiger partial charge on any atom is -0.456 e. The van der Waals surface area contributed by atoms with Gasteiger partial charge in [0.2, 0.25) is 5.95 Å². The predicted molar refractivity (Wildman–Crippen MR) is 230 cm³/mol. The molecule has 0 N–H and O–H groups in total. The summed E-state index contributed by atoms with van der Waals surface area (Å²) in [5.74, 6) is 1.80. The maximum absolute atomic E-state index is 6.55. The van der Waals surface area contributed by atoms with E-state index in [-0.39, 0.29) is 0 Å². The summed E-state index contributed by atoms with van der Waals surface area (Å²) in [6, 6.07) is 62.7. The number of fused-ring (bicyclic) bond motifs is 9. The Balaban J connectivity index is 0.925. The number of aromatic nitrogens is 4. The Hall–Kier alpha value is -7.83. The molecule has 0 spiro atoms.